The second-order valence-corrected chi connectivity index (χ2v) is 4.70. The highest BCUT2D eigenvalue weighted by Crippen LogP contribution is 2.22. The first-order valence-corrected chi connectivity index (χ1v) is 5.84. The quantitative estimate of drug-likeness (QED) is 0.741. The van der Waals surface area contributed by atoms with Gasteiger partial charge in [0.25, 0.3) is 0 Å². The van der Waals surface area contributed by atoms with Crippen LogP contribution in [-0.4, -0.2) is 31.6 Å². The summed E-state index contributed by atoms with van der Waals surface area (Å²) in [6, 6.07) is 3.63. The van der Waals surface area contributed by atoms with Crippen molar-refractivity contribution in [1.29, 1.82) is 0 Å². The molecule has 0 saturated carbocycles. The number of ether oxygens (including phenoxy) is 1. The zero-order valence-corrected chi connectivity index (χ0v) is 11.2. The Morgan fingerprint density at radius 1 is 1.41 bits per heavy atom. The van der Waals surface area contributed by atoms with Gasteiger partial charge >= 0.3 is 5.97 Å². The van der Waals surface area contributed by atoms with Crippen molar-refractivity contribution in [1.82, 2.24) is 4.90 Å². The maximum absolute atomic E-state index is 11.3. The first kappa shape index (κ1) is 13.8. The number of carbonyl (C=O) groups is 1. The summed E-state index contributed by atoms with van der Waals surface area (Å²) in [5.74, 6) is 1.20. The molecule has 0 amide bonds. The van der Waals surface area contributed by atoms with Gasteiger partial charge in [-0.15, -0.1) is 0 Å². The monoisotopic (exact) mass is 239 g/mol. The number of hydrogen-bond donors (Lipinski definition) is 0. The van der Waals surface area contributed by atoms with Gasteiger partial charge in [0, 0.05) is 6.54 Å². The molecule has 1 rings (SSSR count). The maximum atomic E-state index is 11.3. The summed E-state index contributed by atoms with van der Waals surface area (Å²) < 4.78 is 10.1. The third-order valence-electron chi connectivity index (χ3n) is 2.74. The van der Waals surface area contributed by atoms with Crippen LogP contribution in [0.3, 0.4) is 0 Å². The van der Waals surface area contributed by atoms with Crippen LogP contribution in [0.4, 0.5) is 0 Å². The van der Waals surface area contributed by atoms with Gasteiger partial charge in [0.1, 0.15) is 5.76 Å². The molecule has 0 spiro atoms. The fourth-order valence-corrected chi connectivity index (χ4v) is 1.74. The van der Waals surface area contributed by atoms with Crippen molar-refractivity contribution in [3.63, 3.8) is 0 Å². The van der Waals surface area contributed by atoms with E-state index in [1.54, 1.807) is 6.07 Å². The van der Waals surface area contributed by atoms with E-state index < -0.39 is 5.97 Å². The van der Waals surface area contributed by atoms with Crippen molar-refractivity contribution in [3.8, 4) is 0 Å². The number of furan rings is 1. The van der Waals surface area contributed by atoms with Crippen LogP contribution in [0.5, 0.6) is 0 Å². The van der Waals surface area contributed by atoms with E-state index in [2.05, 4.69) is 30.4 Å². The lowest BCUT2D eigenvalue weighted by atomic mass is 10.1. The molecule has 0 bridgehead atoms. The molecule has 96 valence electrons. The molecule has 1 atom stereocenters. The van der Waals surface area contributed by atoms with E-state index in [1.807, 2.05) is 13.1 Å². The number of methoxy groups -OCH3 is 1. The fourth-order valence-electron chi connectivity index (χ4n) is 1.74. The van der Waals surface area contributed by atoms with Crippen molar-refractivity contribution in [2.24, 2.45) is 5.92 Å². The van der Waals surface area contributed by atoms with Crippen LogP contribution in [0.15, 0.2) is 16.5 Å². The van der Waals surface area contributed by atoms with Crippen LogP contribution in [0, 0.1) is 5.92 Å². The molecule has 0 fully saturated rings. The summed E-state index contributed by atoms with van der Waals surface area (Å²) in [7, 11) is 3.39. The summed E-state index contributed by atoms with van der Waals surface area (Å²) >= 11 is 0. The third-order valence-corrected chi connectivity index (χ3v) is 2.74. The minimum Gasteiger partial charge on any atom is -0.463 e. The van der Waals surface area contributed by atoms with Crippen LogP contribution >= 0.6 is 0 Å². The summed E-state index contributed by atoms with van der Waals surface area (Å²) in [6.07, 6.45) is 0. The summed E-state index contributed by atoms with van der Waals surface area (Å²) in [6.45, 7) is 7.38. The molecule has 0 aromatic carbocycles. The molecule has 1 aromatic heterocycles. The van der Waals surface area contributed by atoms with Crippen LogP contribution in [-0.2, 0) is 4.74 Å². The molecule has 1 unspecified atom stereocenters. The predicted molar refractivity (Wildman–Crippen MR) is 65.9 cm³/mol. The van der Waals surface area contributed by atoms with E-state index in [9.17, 15) is 4.79 Å². The number of carbonyl (C=O) groups excluding carboxylic acids is 1. The Labute approximate surface area is 103 Å². The molecule has 0 radical (unpaired) electrons. The van der Waals surface area contributed by atoms with Crippen LogP contribution in [0.25, 0.3) is 0 Å². The molecule has 0 aliphatic carbocycles. The van der Waals surface area contributed by atoms with Gasteiger partial charge in [-0.3, -0.25) is 4.90 Å². The van der Waals surface area contributed by atoms with Gasteiger partial charge in [0.2, 0.25) is 5.76 Å². The Morgan fingerprint density at radius 3 is 2.59 bits per heavy atom. The average molecular weight is 239 g/mol. The van der Waals surface area contributed by atoms with Gasteiger partial charge in [0.05, 0.1) is 13.2 Å². The molecule has 4 nitrogen and oxygen atoms in total. The largest absolute Gasteiger partial charge is 0.463 e. The lowest BCUT2D eigenvalue weighted by Gasteiger charge is -2.24. The number of nitrogens with zero attached hydrogens (tertiary/aromatic N) is 1. The van der Waals surface area contributed by atoms with Gasteiger partial charge < -0.3 is 9.15 Å². The first-order valence-electron chi connectivity index (χ1n) is 5.84. The smallest absolute Gasteiger partial charge is 0.373 e. The predicted octanol–water partition coefficient (Wildman–Crippen LogP) is 2.72. The summed E-state index contributed by atoms with van der Waals surface area (Å²) in [5, 5.41) is 0. The van der Waals surface area contributed by atoms with E-state index in [1.165, 1.54) is 7.11 Å². The first-order chi connectivity index (χ1) is 7.95. The standard InChI is InChI=1S/C13H21NO3/c1-9(2)8-14(4)10(3)11-6-7-12(17-11)13(15)16-5/h6-7,9-10H,8H2,1-5H3. The van der Waals surface area contributed by atoms with Gasteiger partial charge in [0.15, 0.2) is 0 Å². The third kappa shape index (κ3) is 3.60. The Bertz CT molecular complexity index is 370. The van der Waals surface area contributed by atoms with Crippen molar-refractivity contribution >= 4 is 5.97 Å². The maximum Gasteiger partial charge on any atom is 0.373 e. The molecule has 0 N–H and O–H groups in total. The number of esters is 1. The van der Waals surface area contributed by atoms with Gasteiger partial charge in [-0.05, 0) is 32.0 Å². The molecule has 0 saturated heterocycles. The highest BCUT2D eigenvalue weighted by molar-refractivity contribution is 5.86. The Kier molecular flexibility index (Phi) is 4.75. The van der Waals surface area contributed by atoms with Crippen LogP contribution in [0.2, 0.25) is 0 Å². The van der Waals surface area contributed by atoms with Crippen molar-refractivity contribution < 1.29 is 13.9 Å². The lowest BCUT2D eigenvalue weighted by Crippen LogP contribution is -2.26. The van der Waals surface area contributed by atoms with E-state index in [0.717, 1.165) is 12.3 Å². The van der Waals surface area contributed by atoms with Crippen molar-refractivity contribution in [3.05, 3.63) is 23.7 Å². The summed E-state index contributed by atoms with van der Waals surface area (Å²) in [4.78, 5) is 13.5. The number of rotatable bonds is 5. The van der Waals surface area contributed by atoms with Crippen molar-refractivity contribution in [2.45, 2.75) is 26.8 Å². The second-order valence-electron chi connectivity index (χ2n) is 4.70. The lowest BCUT2D eigenvalue weighted by molar-refractivity contribution is 0.0559. The molecular weight excluding hydrogens is 218 g/mol. The Balaban J connectivity index is 2.72. The second kappa shape index (κ2) is 5.87. The van der Waals surface area contributed by atoms with Gasteiger partial charge in [-0.25, -0.2) is 4.79 Å². The van der Waals surface area contributed by atoms with Gasteiger partial charge in [-0.1, -0.05) is 13.8 Å². The van der Waals surface area contributed by atoms with Gasteiger partial charge in [-0.2, -0.15) is 0 Å². The molecule has 1 heterocycles. The highest BCUT2D eigenvalue weighted by atomic mass is 16.5. The summed E-state index contributed by atoms with van der Waals surface area (Å²) in [5.41, 5.74) is 0. The fraction of sp³-hybridized carbons (Fsp3) is 0.615. The zero-order valence-electron chi connectivity index (χ0n) is 11.2. The van der Waals surface area contributed by atoms with E-state index in [4.69, 9.17) is 4.42 Å². The normalized spacial score (nSPS) is 13.1. The molecular formula is C13H21NO3. The Hall–Kier alpha value is -1.29. The highest BCUT2D eigenvalue weighted by Gasteiger charge is 2.18. The topological polar surface area (TPSA) is 42.7 Å². The number of hydrogen-bond acceptors (Lipinski definition) is 4. The molecule has 4 heteroatoms. The van der Waals surface area contributed by atoms with E-state index in [0.29, 0.717) is 5.92 Å². The minimum absolute atomic E-state index is 0.149. The van der Waals surface area contributed by atoms with E-state index >= 15 is 0 Å². The Morgan fingerprint density at radius 2 is 2.06 bits per heavy atom. The zero-order chi connectivity index (χ0) is 13.0. The van der Waals surface area contributed by atoms with Crippen LogP contribution < -0.4 is 0 Å². The van der Waals surface area contributed by atoms with Crippen molar-refractivity contribution in [2.75, 3.05) is 20.7 Å². The van der Waals surface area contributed by atoms with Crippen LogP contribution in [0.1, 0.15) is 43.1 Å². The van der Waals surface area contributed by atoms with E-state index in [-0.39, 0.29) is 11.8 Å². The molecule has 0 aliphatic rings. The SMILES string of the molecule is COC(=O)c1ccc(C(C)N(C)CC(C)C)o1. The molecule has 0 aliphatic heterocycles. The average Bonchev–Trinajstić information content (AvgIpc) is 2.75. The molecule has 17 heavy (non-hydrogen) atoms. The minimum atomic E-state index is -0.435. The molecule has 1 aromatic rings.